The standard InChI is InChI=1S/C22H19FN2O2/c23-17-8-10-18(11-9-17)25-14-15(12-21(25)26)13-24-22(27)20-7-3-5-16-4-1-2-6-19(16)20/h1-11,15H,12-14H2,(H,24,27). The summed E-state index contributed by atoms with van der Waals surface area (Å²) in [4.78, 5) is 26.6. The normalized spacial score (nSPS) is 16.7. The lowest BCUT2D eigenvalue weighted by Gasteiger charge is -2.17. The summed E-state index contributed by atoms with van der Waals surface area (Å²) in [7, 11) is 0. The number of fused-ring (bicyclic) bond motifs is 1. The van der Waals surface area contributed by atoms with Crippen LogP contribution < -0.4 is 10.2 Å². The highest BCUT2D eigenvalue weighted by Gasteiger charge is 2.30. The van der Waals surface area contributed by atoms with Gasteiger partial charge in [0.25, 0.3) is 5.91 Å². The first-order chi connectivity index (χ1) is 13.1. The molecule has 0 bridgehead atoms. The molecule has 1 aliphatic heterocycles. The highest BCUT2D eigenvalue weighted by Crippen LogP contribution is 2.25. The van der Waals surface area contributed by atoms with Crippen molar-refractivity contribution in [2.45, 2.75) is 6.42 Å². The second kappa shape index (κ2) is 7.19. The van der Waals surface area contributed by atoms with Gasteiger partial charge in [-0.25, -0.2) is 4.39 Å². The third-order valence-corrected chi connectivity index (χ3v) is 4.93. The minimum absolute atomic E-state index is 0.00832. The molecular formula is C22H19FN2O2. The maximum absolute atomic E-state index is 13.1. The molecule has 1 N–H and O–H groups in total. The molecule has 0 saturated carbocycles. The Morgan fingerprint density at radius 3 is 2.59 bits per heavy atom. The van der Waals surface area contributed by atoms with Gasteiger partial charge in [-0.1, -0.05) is 36.4 Å². The summed E-state index contributed by atoms with van der Waals surface area (Å²) in [5.74, 6) is -0.448. The molecule has 0 spiro atoms. The number of nitrogens with one attached hydrogen (secondary N) is 1. The van der Waals surface area contributed by atoms with Gasteiger partial charge in [0.1, 0.15) is 5.82 Å². The highest BCUT2D eigenvalue weighted by molar-refractivity contribution is 6.07. The van der Waals surface area contributed by atoms with Crippen molar-refractivity contribution in [3.8, 4) is 0 Å². The molecule has 0 radical (unpaired) electrons. The first-order valence-corrected chi connectivity index (χ1v) is 8.94. The Kier molecular flexibility index (Phi) is 4.59. The molecule has 1 atom stereocenters. The van der Waals surface area contributed by atoms with Crippen molar-refractivity contribution in [2.75, 3.05) is 18.0 Å². The van der Waals surface area contributed by atoms with Crippen LogP contribution in [0.5, 0.6) is 0 Å². The first kappa shape index (κ1) is 17.2. The second-order valence-corrected chi connectivity index (χ2v) is 6.79. The van der Waals surface area contributed by atoms with Gasteiger partial charge in [-0.15, -0.1) is 0 Å². The number of benzene rings is 3. The van der Waals surface area contributed by atoms with E-state index in [1.54, 1.807) is 17.0 Å². The lowest BCUT2D eigenvalue weighted by atomic mass is 10.0. The van der Waals surface area contributed by atoms with E-state index in [4.69, 9.17) is 0 Å². The van der Waals surface area contributed by atoms with Crippen molar-refractivity contribution in [1.29, 1.82) is 0 Å². The van der Waals surface area contributed by atoms with Gasteiger partial charge >= 0.3 is 0 Å². The van der Waals surface area contributed by atoms with Gasteiger partial charge < -0.3 is 10.2 Å². The number of nitrogens with zero attached hydrogens (tertiary/aromatic N) is 1. The van der Waals surface area contributed by atoms with Crippen molar-refractivity contribution in [2.24, 2.45) is 5.92 Å². The molecule has 0 aromatic heterocycles. The molecule has 2 amide bonds. The summed E-state index contributed by atoms with van der Waals surface area (Å²) in [6, 6.07) is 19.3. The minimum atomic E-state index is -0.329. The van der Waals surface area contributed by atoms with Gasteiger partial charge in [0.15, 0.2) is 0 Å². The molecular weight excluding hydrogens is 343 g/mol. The number of halogens is 1. The minimum Gasteiger partial charge on any atom is -0.352 e. The molecule has 3 aromatic rings. The number of carbonyl (C=O) groups is 2. The second-order valence-electron chi connectivity index (χ2n) is 6.79. The Morgan fingerprint density at radius 1 is 1.04 bits per heavy atom. The molecule has 136 valence electrons. The summed E-state index contributed by atoms with van der Waals surface area (Å²) in [5.41, 5.74) is 1.32. The van der Waals surface area contributed by atoms with Crippen molar-refractivity contribution in [3.05, 3.63) is 78.1 Å². The van der Waals surface area contributed by atoms with Crippen molar-refractivity contribution in [1.82, 2.24) is 5.32 Å². The Hall–Kier alpha value is -3.21. The lowest BCUT2D eigenvalue weighted by molar-refractivity contribution is -0.117. The van der Waals surface area contributed by atoms with Crippen LogP contribution in [0.25, 0.3) is 10.8 Å². The number of anilines is 1. The van der Waals surface area contributed by atoms with Crippen LogP contribution in [0.2, 0.25) is 0 Å². The zero-order valence-electron chi connectivity index (χ0n) is 14.7. The molecule has 5 heteroatoms. The number of carbonyl (C=O) groups excluding carboxylic acids is 2. The molecule has 4 rings (SSSR count). The van der Waals surface area contributed by atoms with Crippen LogP contribution in [0.1, 0.15) is 16.8 Å². The van der Waals surface area contributed by atoms with Gasteiger partial charge in [0, 0.05) is 36.7 Å². The van der Waals surface area contributed by atoms with Crippen LogP contribution in [0, 0.1) is 11.7 Å². The van der Waals surface area contributed by atoms with E-state index in [1.807, 2.05) is 42.5 Å². The van der Waals surface area contributed by atoms with Crippen LogP contribution in [0.3, 0.4) is 0 Å². The molecule has 1 heterocycles. The van der Waals surface area contributed by atoms with Crippen molar-refractivity contribution in [3.63, 3.8) is 0 Å². The number of hydrogen-bond donors (Lipinski definition) is 1. The maximum Gasteiger partial charge on any atom is 0.251 e. The Balaban J connectivity index is 1.42. The third kappa shape index (κ3) is 3.53. The van der Waals surface area contributed by atoms with E-state index in [1.165, 1.54) is 12.1 Å². The zero-order chi connectivity index (χ0) is 18.8. The molecule has 27 heavy (non-hydrogen) atoms. The largest absolute Gasteiger partial charge is 0.352 e. The van der Waals surface area contributed by atoms with E-state index in [0.29, 0.717) is 30.8 Å². The van der Waals surface area contributed by atoms with E-state index in [-0.39, 0.29) is 23.5 Å². The van der Waals surface area contributed by atoms with Gasteiger partial charge in [-0.3, -0.25) is 9.59 Å². The average molecular weight is 362 g/mol. The Labute approximate surface area is 156 Å². The van der Waals surface area contributed by atoms with E-state index in [9.17, 15) is 14.0 Å². The van der Waals surface area contributed by atoms with Crippen LogP contribution in [-0.4, -0.2) is 24.9 Å². The molecule has 4 nitrogen and oxygen atoms in total. The first-order valence-electron chi connectivity index (χ1n) is 8.94. The van der Waals surface area contributed by atoms with Gasteiger partial charge in [0.2, 0.25) is 5.91 Å². The van der Waals surface area contributed by atoms with Crippen LogP contribution in [0.4, 0.5) is 10.1 Å². The fraction of sp³-hybridized carbons (Fsp3) is 0.182. The number of hydrogen-bond acceptors (Lipinski definition) is 2. The van der Waals surface area contributed by atoms with Gasteiger partial charge in [-0.05, 0) is 41.1 Å². The molecule has 1 saturated heterocycles. The van der Waals surface area contributed by atoms with E-state index >= 15 is 0 Å². The molecule has 0 aliphatic carbocycles. The molecule has 1 fully saturated rings. The van der Waals surface area contributed by atoms with Crippen molar-refractivity contribution < 1.29 is 14.0 Å². The summed E-state index contributed by atoms with van der Waals surface area (Å²) in [5, 5.41) is 4.88. The van der Waals surface area contributed by atoms with Crippen LogP contribution in [-0.2, 0) is 4.79 Å². The predicted octanol–water partition coefficient (Wildman–Crippen LogP) is 3.76. The van der Waals surface area contributed by atoms with E-state index in [0.717, 1.165) is 10.8 Å². The Bertz CT molecular complexity index is 995. The zero-order valence-corrected chi connectivity index (χ0v) is 14.7. The van der Waals surface area contributed by atoms with Gasteiger partial charge in [-0.2, -0.15) is 0 Å². The van der Waals surface area contributed by atoms with E-state index < -0.39 is 0 Å². The number of amides is 2. The molecule has 1 aliphatic rings. The SMILES string of the molecule is O=C(NCC1CC(=O)N(c2ccc(F)cc2)C1)c1cccc2ccccc12. The maximum atomic E-state index is 13.1. The smallest absolute Gasteiger partial charge is 0.251 e. The molecule has 3 aromatic carbocycles. The predicted molar refractivity (Wildman–Crippen MR) is 103 cm³/mol. The highest BCUT2D eigenvalue weighted by atomic mass is 19.1. The van der Waals surface area contributed by atoms with Crippen molar-refractivity contribution >= 4 is 28.3 Å². The molecule has 1 unspecified atom stereocenters. The van der Waals surface area contributed by atoms with E-state index in [2.05, 4.69) is 5.32 Å². The quantitative estimate of drug-likeness (QED) is 0.768. The summed E-state index contributed by atoms with van der Waals surface area (Å²) >= 11 is 0. The third-order valence-electron chi connectivity index (χ3n) is 4.93. The Morgan fingerprint density at radius 2 is 1.78 bits per heavy atom. The lowest BCUT2D eigenvalue weighted by Crippen LogP contribution is -2.31. The fourth-order valence-corrected chi connectivity index (χ4v) is 3.54. The van der Waals surface area contributed by atoms with Gasteiger partial charge in [0.05, 0.1) is 0 Å². The monoisotopic (exact) mass is 362 g/mol. The summed E-state index contributed by atoms with van der Waals surface area (Å²) in [6.07, 6.45) is 0.368. The fourth-order valence-electron chi connectivity index (χ4n) is 3.54. The van der Waals surface area contributed by atoms with Crippen LogP contribution >= 0.6 is 0 Å². The topological polar surface area (TPSA) is 49.4 Å². The van der Waals surface area contributed by atoms with Crippen LogP contribution in [0.15, 0.2) is 66.7 Å². The number of rotatable bonds is 4. The summed E-state index contributed by atoms with van der Waals surface area (Å²) in [6.45, 7) is 0.936. The summed E-state index contributed by atoms with van der Waals surface area (Å²) < 4.78 is 13.1. The average Bonchev–Trinajstić information content (AvgIpc) is 3.07.